The van der Waals surface area contributed by atoms with Crippen LogP contribution in [0, 0.1) is 33.7 Å². The maximum Gasteiger partial charge on any atom is 0.358 e. The van der Waals surface area contributed by atoms with Gasteiger partial charge in [-0.2, -0.15) is 0 Å². The van der Waals surface area contributed by atoms with Crippen molar-refractivity contribution >= 4 is 0 Å². The molecule has 2 aromatic carbocycles. The third kappa shape index (κ3) is 3.26. The van der Waals surface area contributed by atoms with E-state index in [0.717, 1.165) is 0 Å². The summed E-state index contributed by atoms with van der Waals surface area (Å²) in [5.41, 5.74) is 3.95. The summed E-state index contributed by atoms with van der Waals surface area (Å²) < 4.78 is 21.0. The molecule has 0 saturated heterocycles. The molecule has 2 aromatic rings. The highest BCUT2D eigenvalue weighted by molar-refractivity contribution is 5.28. The predicted molar refractivity (Wildman–Crippen MR) is 71.0 cm³/mol. The van der Waals surface area contributed by atoms with Crippen LogP contribution in [0.2, 0.25) is 0 Å². The maximum absolute atomic E-state index is 13.4. The molecule has 0 heterocycles. The van der Waals surface area contributed by atoms with Gasteiger partial charge in [-0.05, 0) is 32.9 Å². The summed E-state index contributed by atoms with van der Waals surface area (Å²) in [4.78, 5) is 0. The number of ether oxygens (including phenoxy) is 1. The van der Waals surface area contributed by atoms with Crippen LogP contribution in [-0.2, 0) is 0 Å². The zero-order valence-electron chi connectivity index (χ0n) is 11.6. The first-order valence-corrected chi connectivity index (χ1v) is 8.23. The molecule has 0 spiro atoms. The first-order valence-electron chi connectivity index (χ1n) is 6.07. The van der Waals surface area contributed by atoms with E-state index in [0.29, 0.717) is 5.75 Å². The van der Waals surface area contributed by atoms with Gasteiger partial charge in [0.1, 0.15) is 0 Å². The Morgan fingerprint density at radius 2 is 1.63 bits per heavy atom. The molecular weight excluding hydrogens is 354 g/mol. The zero-order valence-corrected chi connectivity index (χ0v) is 13.7. The van der Waals surface area contributed by atoms with E-state index >= 15 is 0 Å². The van der Waals surface area contributed by atoms with E-state index in [4.69, 9.17) is 4.74 Å². The standard InChI is InChI=1S/C16H17FIO/c1-10-7-11(2)16(12(3)8-10)18-13-5-6-14(17)15(9-13)19-4/h5-9H,1-4H3/q+1. The fourth-order valence-electron chi connectivity index (χ4n) is 2.11. The lowest BCUT2D eigenvalue weighted by atomic mass is 10.1. The highest BCUT2D eigenvalue weighted by Crippen LogP contribution is 2.14. The van der Waals surface area contributed by atoms with Crippen LogP contribution in [0.1, 0.15) is 16.7 Å². The molecule has 100 valence electrons. The number of rotatable bonds is 3. The van der Waals surface area contributed by atoms with Gasteiger partial charge < -0.3 is 4.74 Å². The largest absolute Gasteiger partial charge is 0.494 e. The van der Waals surface area contributed by atoms with E-state index in [-0.39, 0.29) is 27.0 Å². The maximum atomic E-state index is 13.4. The quantitative estimate of drug-likeness (QED) is 0.729. The SMILES string of the molecule is COc1cc([I+]c2c(C)cc(C)cc2C)ccc1F. The lowest BCUT2D eigenvalue weighted by Gasteiger charge is -2.02. The summed E-state index contributed by atoms with van der Waals surface area (Å²) in [5, 5.41) is 0. The van der Waals surface area contributed by atoms with Crippen molar-refractivity contribution in [3.63, 3.8) is 0 Å². The summed E-state index contributed by atoms with van der Waals surface area (Å²) >= 11 is -0.310. The fraction of sp³-hybridized carbons (Fsp3) is 0.250. The van der Waals surface area contributed by atoms with Crippen LogP contribution in [0.3, 0.4) is 0 Å². The molecule has 0 bridgehead atoms. The van der Waals surface area contributed by atoms with Crippen molar-refractivity contribution in [2.75, 3.05) is 7.11 Å². The molecule has 0 radical (unpaired) electrons. The van der Waals surface area contributed by atoms with Gasteiger partial charge in [0.05, 0.1) is 7.11 Å². The molecule has 0 aliphatic rings. The minimum atomic E-state index is -0.310. The Balaban J connectivity index is 2.36. The van der Waals surface area contributed by atoms with Crippen LogP contribution in [0.5, 0.6) is 5.75 Å². The molecule has 0 aromatic heterocycles. The van der Waals surface area contributed by atoms with Crippen molar-refractivity contribution < 1.29 is 30.3 Å². The second-order valence-electron chi connectivity index (χ2n) is 4.59. The first kappa shape index (κ1) is 14.3. The van der Waals surface area contributed by atoms with E-state index < -0.39 is 0 Å². The van der Waals surface area contributed by atoms with E-state index in [1.807, 2.05) is 12.1 Å². The molecule has 0 fully saturated rings. The summed E-state index contributed by atoms with van der Waals surface area (Å²) in [6.07, 6.45) is 0. The van der Waals surface area contributed by atoms with Gasteiger partial charge >= 0.3 is 21.2 Å². The van der Waals surface area contributed by atoms with Gasteiger partial charge in [0.25, 0.3) is 0 Å². The lowest BCUT2D eigenvalue weighted by molar-refractivity contribution is -0.598. The van der Waals surface area contributed by atoms with Gasteiger partial charge in [0.2, 0.25) is 0 Å². The van der Waals surface area contributed by atoms with Crippen molar-refractivity contribution in [3.8, 4) is 5.75 Å². The molecule has 2 rings (SSSR count). The molecule has 3 heteroatoms. The average molecular weight is 371 g/mol. The molecule has 1 nitrogen and oxygen atoms in total. The predicted octanol–water partition coefficient (Wildman–Crippen LogP) is 0.888. The molecule has 0 unspecified atom stereocenters. The average Bonchev–Trinajstić information content (AvgIpc) is 2.35. The molecule has 0 N–H and O–H groups in total. The Kier molecular flexibility index (Phi) is 4.45. The third-order valence-corrected chi connectivity index (χ3v) is 6.43. The second kappa shape index (κ2) is 5.90. The van der Waals surface area contributed by atoms with Gasteiger partial charge in [-0.3, -0.25) is 0 Å². The van der Waals surface area contributed by atoms with Gasteiger partial charge in [-0.1, -0.05) is 17.7 Å². The molecule has 0 saturated carbocycles. The van der Waals surface area contributed by atoms with Crippen LogP contribution < -0.4 is 25.9 Å². The number of methoxy groups -OCH3 is 1. The van der Waals surface area contributed by atoms with Gasteiger partial charge in [-0.25, -0.2) is 4.39 Å². The van der Waals surface area contributed by atoms with Gasteiger partial charge in [0, 0.05) is 17.2 Å². The second-order valence-corrected chi connectivity index (χ2v) is 7.45. The van der Waals surface area contributed by atoms with Crippen LogP contribution in [-0.4, -0.2) is 7.11 Å². The number of aryl methyl sites for hydroxylation is 3. The van der Waals surface area contributed by atoms with Crippen LogP contribution in [0.25, 0.3) is 0 Å². The Labute approximate surface area is 124 Å². The number of halogens is 2. The minimum Gasteiger partial charge on any atom is -0.494 e. The van der Waals surface area contributed by atoms with Crippen LogP contribution in [0.15, 0.2) is 30.3 Å². The topological polar surface area (TPSA) is 9.23 Å². The van der Waals surface area contributed by atoms with Crippen molar-refractivity contribution in [2.24, 2.45) is 0 Å². The van der Waals surface area contributed by atoms with Gasteiger partial charge in [0.15, 0.2) is 18.7 Å². The summed E-state index contributed by atoms with van der Waals surface area (Å²) in [5.74, 6) is 0.0345. The minimum absolute atomic E-state index is 0.299. The first-order chi connectivity index (χ1) is 9.01. The van der Waals surface area contributed by atoms with E-state index in [9.17, 15) is 4.39 Å². The highest BCUT2D eigenvalue weighted by atomic mass is 127. The number of hydrogen-bond acceptors (Lipinski definition) is 1. The Hall–Kier alpha value is -1.10. The Morgan fingerprint density at radius 3 is 2.21 bits per heavy atom. The number of hydrogen-bond donors (Lipinski definition) is 0. The highest BCUT2D eigenvalue weighted by Gasteiger charge is 2.22. The fourth-order valence-corrected chi connectivity index (χ4v) is 4.70. The van der Waals surface area contributed by atoms with Crippen molar-refractivity contribution in [1.29, 1.82) is 0 Å². The van der Waals surface area contributed by atoms with Crippen LogP contribution >= 0.6 is 0 Å². The Morgan fingerprint density at radius 1 is 1.00 bits per heavy atom. The molecule has 19 heavy (non-hydrogen) atoms. The third-order valence-electron chi connectivity index (χ3n) is 2.90. The normalized spacial score (nSPS) is 10.6. The molecule has 0 atom stereocenters. The van der Waals surface area contributed by atoms with Crippen molar-refractivity contribution in [3.05, 3.63) is 60.0 Å². The molecule has 0 aliphatic heterocycles. The van der Waals surface area contributed by atoms with E-state index in [1.54, 1.807) is 0 Å². The monoisotopic (exact) mass is 371 g/mol. The number of benzene rings is 2. The summed E-state index contributed by atoms with van der Waals surface area (Å²) in [7, 11) is 1.50. The van der Waals surface area contributed by atoms with Crippen molar-refractivity contribution in [2.45, 2.75) is 20.8 Å². The van der Waals surface area contributed by atoms with Gasteiger partial charge in [-0.15, -0.1) is 0 Å². The Bertz CT molecular complexity index is 585. The van der Waals surface area contributed by atoms with Crippen LogP contribution in [0.4, 0.5) is 4.39 Å². The van der Waals surface area contributed by atoms with Crippen molar-refractivity contribution in [1.82, 2.24) is 0 Å². The molecule has 0 amide bonds. The van der Waals surface area contributed by atoms with E-state index in [1.165, 1.54) is 37.0 Å². The zero-order chi connectivity index (χ0) is 14.0. The summed E-state index contributed by atoms with van der Waals surface area (Å²) in [6.45, 7) is 6.41. The lowest BCUT2D eigenvalue weighted by Crippen LogP contribution is -3.62. The van der Waals surface area contributed by atoms with E-state index in [2.05, 4.69) is 32.9 Å². The molecular formula is C16H17FIO+. The molecule has 0 aliphatic carbocycles. The summed E-state index contributed by atoms with van der Waals surface area (Å²) in [6, 6.07) is 9.60. The smallest absolute Gasteiger partial charge is 0.358 e.